The third-order valence-corrected chi connectivity index (χ3v) is 2.29. The van der Waals surface area contributed by atoms with E-state index < -0.39 is 0 Å². The van der Waals surface area contributed by atoms with Crippen LogP contribution in [0.1, 0.15) is 5.82 Å². The average Bonchev–Trinajstić information content (AvgIpc) is 2.65. The summed E-state index contributed by atoms with van der Waals surface area (Å²) in [5.74, 6) is 0.931. The number of halogens is 1. The monoisotopic (exact) mass is 238 g/mol. The summed E-state index contributed by atoms with van der Waals surface area (Å²) >= 11 is 5.71. The van der Waals surface area contributed by atoms with Crippen molar-refractivity contribution in [1.82, 2.24) is 25.0 Å². The highest BCUT2D eigenvalue weighted by Crippen LogP contribution is 2.09. The lowest BCUT2D eigenvalue weighted by molar-refractivity contribution is 0.788. The molecule has 2 aromatic rings. The predicted molar refractivity (Wildman–Crippen MR) is 60.2 cm³/mol. The van der Waals surface area contributed by atoms with E-state index in [4.69, 9.17) is 11.6 Å². The third kappa shape index (κ3) is 2.66. The summed E-state index contributed by atoms with van der Waals surface area (Å²) in [7, 11) is 1.92. The molecule has 16 heavy (non-hydrogen) atoms. The van der Waals surface area contributed by atoms with Gasteiger partial charge in [-0.25, -0.2) is 0 Å². The largest absolute Gasteiger partial charge is 0.383 e. The second kappa shape index (κ2) is 4.89. The van der Waals surface area contributed by atoms with E-state index in [2.05, 4.69) is 25.7 Å². The fourth-order valence-electron chi connectivity index (χ4n) is 1.29. The van der Waals surface area contributed by atoms with Gasteiger partial charge in [-0.3, -0.25) is 0 Å². The van der Waals surface area contributed by atoms with Crippen molar-refractivity contribution in [2.24, 2.45) is 7.05 Å². The third-order valence-electron chi connectivity index (χ3n) is 2.11. The van der Waals surface area contributed by atoms with Crippen molar-refractivity contribution < 1.29 is 0 Å². The molecule has 0 fully saturated rings. The van der Waals surface area contributed by atoms with Crippen LogP contribution in [0.3, 0.4) is 0 Å². The molecule has 6 nitrogen and oxygen atoms in total. The highest BCUT2D eigenvalue weighted by molar-refractivity contribution is 6.29. The van der Waals surface area contributed by atoms with Crippen molar-refractivity contribution in [1.29, 1.82) is 0 Å². The first-order valence-corrected chi connectivity index (χ1v) is 5.18. The van der Waals surface area contributed by atoms with Crippen LogP contribution in [0.15, 0.2) is 18.6 Å². The van der Waals surface area contributed by atoms with E-state index in [-0.39, 0.29) is 0 Å². The van der Waals surface area contributed by atoms with E-state index >= 15 is 0 Å². The average molecular weight is 239 g/mol. The van der Waals surface area contributed by atoms with Gasteiger partial charge in [-0.1, -0.05) is 11.6 Å². The van der Waals surface area contributed by atoms with Gasteiger partial charge < -0.3 is 9.88 Å². The summed E-state index contributed by atoms with van der Waals surface area (Å²) in [5.41, 5.74) is 0.849. The molecule has 1 N–H and O–H groups in total. The molecule has 0 amide bonds. The van der Waals surface area contributed by atoms with E-state index in [0.717, 1.165) is 24.5 Å². The van der Waals surface area contributed by atoms with Crippen LogP contribution >= 0.6 is 11.6 Å². The molecule has 2 aromatic heterocycles. The number of anilines is 1. The van der Waals surface area contributed by atoms with E-state index in [1.165, 1.54) is 0 Å². The molecular formula is C9H11ClN6. The van der Waals surface area contributed by atoms with Gasteiger partial charge in [-0.15, -0.1) is 15.3 Å². The van der Waals surface area contributed by atoms with Crippen LogP contribution < -0.4 is 5.32 Å². The van der Waals surface area contributed by atoms with Gasteiger partial charge in [0.25, 0.3) is 0 Å². The first-order valence-electron chi connectivity index (χ1n) is 4.80. The lowest BCUT2D eigenvalue weighted by Crippen LogP contribution is -2.08. The fourth-order valence-corrected chi connectivity index (χ4v) is 1.45. The zero-order chi connectivity index (χ0) is 11.4. The first kappa shape index (κ1) is 10.8. The molecule has 0 atom stereocenters. The molecule has 0 spiro atoms. The van der Waals surface area contributed by atoms with Gasteiger partial charge in [0.1, 0.15) is 12.2 Å². The summed E-state index contributed by atoms with van der Waals surface area (Å²) in [5, 5.41) is 18.7. The van der Waals surface area contributed by atoms with Crippen LogP contribution in [0.25, 0.3) is 0 Å². The van der Waals surface area contributed by atoms with E-state index in [0.29, 0.717) is 5.15 Å². The minimum absolute atomic E-state index is 0.378. The Morgan fingerprint density at radius 2 is 2.25 bits per heavy atom. The molecule has 0 radical (unpaired) electrons. The molecule has 0 aliphatic heterocycles. The number of aryl methyl sites for hydroxylation is 1. The highest BCUT2D eigenvalue weighted by Gasteiger charge is 2.00. The Morgan fingerprint density at radius 3 is 2.94 bits per heavy atom. The summed E-state index contributed by atoms with van der Waals surface area (Å²) in [6, 6.07) is 1.73. The second-order valence-electron chi connectivity index (χ2n) is 3.30. The molecule has 2 rings (SSSR count). The lowest BCUT2D eigenvalue weighted by atomic mass is 10.3. The molecular weight excluding hydrogens is 228 g/mol. The molecule has 0 bridgehead atoms. The van der Waals surface area contributed by atoms with Gasteiger partial charge in [0.15, 0.2) is 5.15 Å². The number of hydrogen-bond acceptors (Lipinski definition) is 5. The lowest BCUT2D eigenvalue weighted by Gasteiger charge is -2.04. The van der Waals surface area contributed by atoms with E-state index in [1.807, 2.05) is 11.6 Å². The maximum absolute atomic E-state index is 5.71. The predicted octanol–water partition coefficient (Wildman–Crippen LogP) is 0.913. The Hall–Kier alpha value is -1.69. The van der Waals surface area contributed by atoms with Crippen LogP contribution in [0.2, 0.25) is 5.15 Å². The van der Waals surface area contributed by atoms with Gasteiger partial charge in [0.05, 0.1) is 11.9 Å². The smallest absolute Gasteiger partial charge is 0.153 e. The van der Waals surface area contributed by atoms with Crippen LogP contribution in [0, 0.1) is 0 Å². The topological polar surface area (TPSA) is 68.5 Å². The standard InChI is InChI=1S/C9H11ClN6/c1-16-6-13-15-9(16)2-3-11-7-4-8(10)14-12-5-7/h4-6H,2-3H2,1H3,(H,11,14). The zero-order valence-electron chi connectivity index (χ0n) is 8.76. The number of nitrogens with one attached hydrogen (secondary N) is 1. The molecule has 2 heterocycles. The van der Waals surface area contributed by atoms with Crippen molar-refractivity contribution in [2.45, 2.75) is 6.42 Å². The van der Waals surface area contributed by atoms with Crippen molar-refractivity contribution in [3.05, 3.63) is 29.6 Å². The fraction of sp³-hybridized carbons (Fsp3) is 0.333. The van der Waals surface area contributed by atoms with Crippen LogP contribution in [-0.4, -0.2) is 31.5 Å². The first-order chi connectivity index (χ1) is 7.75. The minimum Gasteiger partial charge on any atom is -0.383 e. The Morgan fingerprint density at radius 1 is 1.38 bits per heavy atom. The highest BCUT2D eigenvalue weighted by atomic mass is 35.5. The normalized spacial score (nSPS) is 10.4. The molecule has 7 heteroatoms. The number of nitrogens with zero attached hydrogens (tertiary/aromatic N) is 5. The maximum atomic E-state index is 5.71. The summed E-state index contributed by atoms with van der Waals surface area (Å²) < 4.78 is 1.89. The SMILES string of the molecule is Cn1cnnc1CCNc1cnnc(Cl)c1. The molecule has 0 aliphatic carbocycles. The summed E-state index contributed by atoms with van der Waals surface area (Å²) in [4.78, 5) is 0. The Kier molecular flexibility index (Phi) is 3.31. The van der Waals surface area contributed by atoms with Gasteiger partial charge in [0, 0.05) is 26.1 Å². The summed E-state index contributed by atoms with van der Waals surface area (Å²) in [6.07, 6.45) is 4.10. The zero-order valence-corrected chi connectivity index (χ0v) is 9.52. The van der Waals surface area contributed by atoms with Crippen molar-refractivity contribution in [3.63, 3.8) is 0 Å². The molecule has 0 aromatic carbocycles. The minimum atomic E-state index is 0.378. The van der Waals surface area contributed by atoms with Crippen LogP contribution in [0.5, 0.6) is 0 Å². The molecule has 84 valence electrons. The maximum Gasteiger partial charge on any atom is 0.153 e. The van der Waals surface area contributed by atoms with Gasteiger partial charge in [-0.05, 0) is 0 Å². The Balaban J connectivity index is 1.87. The Bertz CT molecular complexity index is 469. The molecule has 0 saturated heterocycles. The van der Waals surface area contributed by atoms with E-state index in [1.54, 1.807) is 18.6 Å². The van der Waals surface area contributed by atoms with Crippen molar-refractivity contribution in [2.75, 3.05) is 11.9 Å². The van der Waals surface area contributed by atoms with Crippen LogP contribution in [-0.2, 0) is 13.5 Å². The molecule has 0 aliphatic rings. The van der Waals surface area contributed by atoms with Crippen molar-refractivity contribution in [3.8, 4) is 0 Å². The van der Waals surface area contributed by atoms with Gasteiger partial charge in [-0.2, -0.15) is 5.10 Å². The van der Waals surface area contributed by atoms with Gasteiger partial charge in [0.2, 0.25) is 0 Å². The molecule has 0 saturated carbocycles. The quantitative estimate of drug-likeness (QED) is 0.858. The molecule has 0 unspecified atom stereocenters. The van der Waals surface area contributed by atoms with Gasteiger partial charge >= 0.3 is 0 Å². The van der Waals surface area contributed by atoms with E-state index in [9.17, 15) is 0 Å². The second-order valence-corrected chi connectivity index (χ2v) is 3.69. The van der Waals surface area contributed by atoms with Crippen LogP contribution in [0.4, 0.5) is 5.69 Å². The number of hydrogen-bond donors (Lipinski definition) is 1. The Labute approximate surface area is 97.7 Å². The number of aromatic nitrogens is 5. The summed E-state index contributed by atoms with van der Waals surface area (Å²) in [6.45, 7) is 0.745. The van der Waals surface area contributed by atoms with Crippen molar-refractivity contribution >= 4 is 17.3 Å². The number of rotatable bonds is 4.